The number of nitrogens with one attached hydrogen (secondary N) is 2. The normalized spacial score (nSPS) is 10.8. The summed E-state index contributed by atoms with van der Waals surface area (Å²) in [5.74, 6) is -0.235. The molecule has 0 saturated heterocycles. The Morgan fingerprint density at radius 3 is 2.65 bits per heavy atom. The van der Waals surface area contributed by atoms with E-state index in [1.54, 1.807) is 45.2 Å². The monoisotopic (exact) mass is 280 g/mol. The van der Waals surface area contributed by atoms with Gasteiger partial charge in [-0.1, -0.05) is 6.07 Å². The predicted octanol–water partition coefficient (Wildman–Crippen LogP) is 2.46. The third-order valence-electron chi connectivity index (χ3n) is 2.74. The van der Waals surface area contributed by atoms with Gasteiger partial charge < -0.3 is 20.5 Å². The highest BCUT2D eigenvalue weighted by molar-refractivity contribution is 5.89. The van der Waals surface area contributed by atoms with Crippen molar-refractivity contribution < 1.29 is 19.4 Å². The summed E-state index contributed by atoms with van der Waals surface area (Å²) in [4.78, 5) is 22.4. The Balaban J connectivity index is 2.55. The van der Waals surface area contributed by atoms with Crippen molar-refractivity contribution in [2.45, 2.75) is 32.2 Å². The Labute approximate surface area is 118 Å². The van der Waals surface area contributed by atoms with Crippen molar-refractivity contribution in [1.82, 2.24) is 5.32 Å². The van der Waals surface area contributed by atoms with Gasteiger partial charge in [-0.15, -0.1) is 0 Å². The number of ether oxygens (including phenoxy) is 1. The number of amides is 2. The number of carbonyl (C=O) groups is 2. The predicted molar refractivity (Wildman–Crippen MR) is 76.1 cm³/mol. The highest BCUT2D eigenvalue weighted by atomic mass is 16.5. The number of carboxylic acids is 1. The molecule has 1 aromatic rings. The van der Waals surface area contributed by atoms with Crippen LogP contribution in [-0.2, 0) is 4.79 Å². The van der Waals surface area contributed by atoms with Crippen molar-refractivity contribution in [2.24, 2.45) is 0 Å². The molecule has 0 aromatic heterocycles. The van der Waals surface area contributed by atoms with Crippen LogP contribution in [-0.4, -0.2) is 29.8 Å². The van der Waals surface area contributed by atoms with Gasteiger partial charge in [0.15, 0.2) is 0 Å². The fourth-order valence-corrected chi connectivity index (χ4v) is 1.65. The fraction of sp³-hybridized carbons (Fsp3) is 0.429. The lowest BCUT2D eigenvalue weighted by Gasteiger charge is -2.25. The first-order valence-electron chi connectivity index (χ1n) is 6.27. The van der Waals surface area contributed by atoms with E-state index in [1.807, 2.05) is 0 Å². The SMILES string of the molecule is COc1cccc(NC(=O)NC(C)(C)CCC(=O)O)c1. The standard InChI is InChI=1S/C14H20N2O4/c1-14(2,8-7-12(17)18)16-13(19)15-10-5-4-6-11(9-10)20-3/h4-6,9H,7-8H2,1-3H3,(H,17,18)(H2,15,16,19). The van der Waals surface area contributed by atoms with E-state index in [-0.39, 0.29) is 12.5 Å². The van der Waals surface area contributed by atoms with Crippen LogP contribution in [0.5, 0.6) is 5.75 Å². The summed E-state index contributed by atoms with van der Waals surface area (Å²) in [7, 11) is 1.55. The van der Waals surface area contributed by atoms with Crippen LogP contribution in [0.15, 0.2) is 24.3 Å². The quantitative estimate of drug-likeness (QED) is 0.747. The number of carboxylic acid groups (broad SMARTS) is 1. The van der Waals surface area contributed by atoms with Gasteiger partial charge >= 0.3 is 12.0 Å². The average molecular weight is 280 g/mol. The Kier molecular flexibility index (Phi) is 5.37. The van der Waals surface area contributed by atoms with Crippen LogP contribution >= 0.6 is 0 Å². The first-order chi connectivity index (χ1) is 9.32. The number of rotatable bonds is 6. The van der Waals surface area contributed by atoms with Gasteiger partial charge in [-0.3, -0.25) is 4.79 Å². The Morgan fingerprint density at radius 1 is 1.35 bits per heavy atom. The summed E-state index contributed by atoms with van der Waals surface area (Å²) in [5.41, 5.74) is 0.0114. The Bertz CT molecular complexity index is 486. The zero-order valence-electron chi connectivity index (χ0n) is 11.9. The third kappa shape index (κ3) is 5.60. The molecule has 0 aliphatic heterocycles. The Morgan fingerprint density at radius 2 is 2.05 bits per heavy atom. The summed E-state index contributed by atoms with van der Waals surface area (Å²) in [6.45, 7) is 3.56. The average Bonchev–Trinajstić information content (AvgIpc) is 2.36. The van der Waals surface area contributed by atoms with Gasteiger partial charge in [-0.05, 0) is 32.4 Å². The molecule has 0 aliphatic rings. The van der Waals surface area contributed by atoms with Gasteiger partial charge in [-0.2, -0.15) is 0 Å². The molecule has 3 N–H and O–H groups in total. The van der Waals surface area contributed by atoms with E-state index in [0.717, 1.165) is 0 Å². The maximum Gasteiger partial charge on any atom is 0.319 e. The largest absolute Gasteiger partial charge is 0.497 e. The van der Waals surface area contributed by atoms with Crippen LogP contribution < -0.4 is 15.4 Å². The second kappa shape index (κ2) is 6.79. The molecule has 2 amide bonds. The number of methoxy groups -OCH3 is 1. The van der Waals surface area contributed by atoms with E-state index < -0.39 is 11.5 Å². The lowest BCUT2D eigenvalue weighted by molar-refractivity contribution is -0.137. The van der Waals surface area contributed by atoms with Crippen LogP contribution in [0.4, 0.5) is 10.5 Å². The van der Waals surface area contributed by atoms with E-state index in [1.165, 1.54) is 0 Å². The summed E-state index contributed by atoms with van der Waals surface area (Å²) < 4.78 is 5.07. The van der Waals surface area contributed by atoms with Crippen LogP contribution in [0.1, 0.15) is 26.7 Å². The first kappa shape index (κ1) is 15.8. The molecule has 0 heterocycles. The van der Waals surface area contributed by atoms with E-state index in [2.05, 4.69) is 10.6 Å². The highest BCUT2D eigenvalue weighted by Gasteiger charge is 2.21. The van der Waals surface area contributed by atoms with Crippen molar-refractivity contribution in [1.29, 1.82) is 0 Å². The number of benzene rings is 1. The zero-order valence-corrected chi connectivity index (χ0v) is 11.9. The van der Waals surface area contributed by atoms with Crippen LogP contribution in [0.2, 0.25) is 0 Å². The van der Waals surface area contributed by atoms with Crippen molar-refractivity contribution in [3.8, 4) is 5.75 Å². The molecule has 20 heavy (non-hydrogen) atoms. The molecule has 110 valence electrons. The van der Waals surface area contributed by atoms with Crippen molar-refractivity contribution >= 4 is 17.7 Å². The summed E-state index contributed by atoms with van der Waals surface area (Å²) in [6, 6.07) is 6.61. The van der Waals surface area contributed by atoms with Crippen molar-refractivity contribution in [2.75, 3.05) is 12.4 Å². The van der Waals surface area contributed by atoms with Crippen LogP contribution in [0.3, 0.4) is 0 Å². The molecule has 1 rings (SSSR count). The van der Waals surface area contributed by atoms with Gasteiger partial charge in [0.05, 0.1) is 7.11 Å². The molecule has 0 unspecified atom stereocenters. The van der Waals surface area contributed by atoms with E-state index in [4.69, 9.17) is 9.84 Å². The van der Waals surface area contributed by atoms with Gasteiger partial charge in [0.1, 0.15) is 5.75 Å². The molecule has 0 aliphatic carbocycles. The third-order valence-corrected chi connectivity index (χ3v) is 2.74. The van der Waals surface area contributed by atoms with E-state index in [0.29, 0.717) is 17.9 Å². The summed E-state index contributed by atoms with van der Waals surface area (Å²) in [6.07, 6.45) is 0.361. The molecule has 0 radical (unpaired) electrons. The number of hydrogen-bond donors (Lipinski definition) is 3. The molecule has 6 nitrogen and oxygen atoms in total. The molecular formula is C14H20N2O4. The molecule has 0 bridgehead atoms. The molecule has 1 aromatic carbocycles. The maximum atomic E-state index is 11.9. The second-order valence-electron chi connectivity index (χ2n) is 5.09. The molecule has 6 heteroatoms. The van der Waals surface area contributed by atoms with Gasteiger partial charge in [0.2, 0.25) is 0 Å². The van der Waals surface area contributed by atoms with Crippen molar-refractivity contribution in [3.63, 3.8) is 0 Å². The maximum absolute atomic E-state index is 11.9. The molecule has 0 fully saturated rings. The minimum Gasteiger partial charge on any atom is -0.497 e. The number of urea groups is 1. The lowest BCUT2D eigenvalue weighted by atomic mass is 9.99. The topological polar surface area (TPSA) is 87.7 Å². The summed E-state index contributed by atoms with van der Waals surface area (Å²) >= 11 is 0. The minimum absolute atomic E-state index is 0.00639. The van der Waals surface area contributed by atoms with E-state index >= 15 is 0 Å². The van der Waals surface area contributed by atoms with Gasteiger partial charge in [0.25, 0.3) is 0 Å². The van der Waals surface area contributed by atoms with E-state index in [9.17, 15) is 9.59 Å². The molecule has 0 atom stereocenters. The first-order valence-corrected chi connectivity index (χ1v) is 6.27. The molecule has 0 saturated carbocycles. The number of hydrogen-bond acceptors (Lipinski definition) is 3. The second-order valence-corrected chi connectivity index (χ2v) is 5.09. The number of carbonyl (C=O) groups excluding carboxylic acids is 1. The van der Waals surface area contributed by atoms with Crippen molar-refractivity contribution in [3.05, 3.63) is 24.3 Å². The molecule has 0 spiro atoms. The van der Waals surface area contributed by atoms with Crippen LogP contribution in [0.25, 0.3) is 0 Å². The fourth-order valence-electron chi connectivity index (χ4n) is 1.65. The highest BCUT2D eigenvalue weighted by Crippen LogP contribution is 2.17. The van der Waals surface area contributed by atoms with Crippen LogP contribution in [0, 0.1) is 0 Å². The Hall–Kier alpha value is -2.24. The number of anilines is 1. The minimum atomic E-state index is -0.881. The molecular weight excluding hydrogens is 260 g/mol. The lowest BCUT2D eigenvalue weighted by Crippen LogP contribution is -2.45. The van der Waals surface area contributed by atoms with Gasteiger partial charge in [-0.25, -0.2) is 4.79 Å². The zero-order chi connectivity index (χ0) is 15.2. The van der Waals surface area contributed by atoms with Gasteiger partial charge in [0, 0.05) is 23.7 Å². The number of aliphatic carboxylic acids is 1. The smallest absolute Gasteiger partial charge is 0.319 e. The summed E-state index contributed by atoms with van der Waals surface area (Å²) in [5, 5.41) is 14.1.